The van der Waals surface area contributed by atoms with E-state index in [2.05, 4.69) is 10.1 Å². The molecule has 0 aliphatic rings. The van der Waals surface area contributed by atoms with Gasteiger partial charge in [0.1, 0.15) is 18.4 Å². The molecule has 0 aliphatic carbocycles. The minimum absolute atomic E-state index is 0.611. The first-order valence-corrected chi connectivity index (χ1v) is 5.13. The second kappa shape index (κ2) is 4.65. The molecule has 5 nitrogen and oxygen atoms in total. The van der Waals surface area contributed by atoms with Crippen LogP contribution in [0.2, 0.25) is 0 Å². The van der Waals surface area contributed by atoms with E-state index < -0.39 is 0 Å². The number of aromatic nitrogens is 3. The highest BCUT2D eigenvalue weighted by Crippen LogP contribution is 2.22. The Morgan fingerprint density at radius 3 is 3.00 bits per heavy atom. The van der Waals surface area contributed by atoms with Gasteiger partial charge in [-0.1, -0.05) is 0 Å². The van der Waals surface area contributed by atoms with E-state index in [1.165, 1.54) is 6.33 Å². The van der Waals surface area contributed by atoms with Gasteiger partial charge in [0, 0.05) is 11.3 Å². The number of ether oxygens (including phenoxy) is 1. The zero-order chi connectivity index (χ0) is 11.4. The molecular formula is C11H14N4O. The highest BCUT2D eigenvalue weighted by Gasteiger charge is 2.05. The topological polar surface area (TPSA) is 66.0 Å². The van der Waals surface area contributed by atoms with Gasteiger partial charge in [0.2, 0.25) is 0 Å². The van der Waals surface area contributed by atoms with Crippen LogP contribution in [0.4, 0.5) is 5.69 Å². The van der Waals surface area contributed by atoms with E-state index in [1.807, 2.05) is 25.1 Å². The fraction of sp³-hybridized carbons (Fsp3) is 0.273. The van der Waals surface area contributed by atoms with E-state index >= 15 is 0 Å². The van der Waals surface area contributed by atoms with E-state index in [0.29, 0.717) is 13.2 Å². The lowest BCUT2D eigenvalue weighted by molar-refractivity contribution is 0.335. The van der Waals surface area contributed by atoms with E-state index in [1.54, 1.807) is 11.0 Å². The van der Waals surface area contributed by atoms with Gasteiger partial charge in [-0.3, -0.25) is 0 Å². The van der Waals surface area contributed by atoms with Gasteiger partial charge in [0.25, 0.3) is 0 Å². The van der Waals surface area contributed by atoms with Crippen LogP contribution in [0.15, 0.2) is 30.9 Å². The molecule has 0 amide bonds. The number of nitrogens with two attached hydrogens (primary N) is 1. The SMILES string of the molecule is CCOc1ccc(N)cc1Cn1cncn1. The first kappa shape index (κ1) is 10.5. The van der Waals surface area contributed by atoms with Crippen molar-refractivity contribution < 1.29 is 4.74 Å². The third-order valence-corrected chi connectivity index (χ3v) is 2.18. The average molecular weight is 218 g/mol. The standard InChI is InChI=1S/C11H14N4O/c1-2-16-11-4-3-10(12)5-9(11)6-15-8-13-7-14-15/h3-5,7-8H,2,6,12H2,1H3. The smallest absolute Gasteiger partial charge is 0.137 e. The predicted octanol–water partition coefficient (Wildman–Crippen LogP) is 1.31. The van der Waals surface area contributed by atoms with E-state index in [-0.39, 0.29) is 0 Å². The van der Waals surface area contributed by atoms with Crippen molar-refractivity contribution in [2.45, 2.75) is 13.5 Å². The Bertz CT molecular complexity index is 453. The minimum Gasteiger partial charge on any atom is -0.494 e. The lowest BCUT2D eigenvalue weighted by Crippen LogP contribution is -2.04. The summed E-state index contributed by atoms with van der Waals surface area (Å²) in [7, 11) is 0. The lowest BCUT2D eigenvalue weighted by Gasteiger charge is -2.10. The molecule has 0 atom stereocenters. The number of benzene rings is 1. The Morgan fingerprint density at radius 2 is 2.31 bits per heavy atom. The molecule has 1 heterocycles. The quantitative estimate of drug-likeness (QED) is 0.786. The van der Waals surface area contributed by atoms with Crippen molar-refractivity contribution >= 4 is 5.69 Å². The Morgan fingerprint density at radius 1 is 1.44 bits per heavy atom. The summed E-state index contributed by atoms with van der Waals surface area (Å²) in [5.41, 5.74) is 7.48. The van der Waals surface area contributed by atoms with Gasteiger partial charge in [-0.2, -0.15) is 5.10 Å². The summed E-state index contributed by atoms with van der Waals surface area (Å²) in [5.74, 6) is 0.840. The van der Waals surface area contributed by atoms with Crippen molar-refractivity contribution in [3.63, 3.8) is 0 Å². The molecular weight excluding hydrogens is 204 g/mol. The van der Waals surface area contributed by atoms with Crippen LogP contribution in [-0.2, 0) is 6.54 Å². The molecule has 2 N–H and O–H groups in total. The summed E-state index contributed by atoms with van der Waals surface area (Å²) in [6.07, 6.45) is 3.17. The monoisotopic (exact) mass is 218 g/mol. The molecule has 0 bridgehead atoms. The Labute approximate surface area is 93.9 Å². The van der Waals surface area contributed by atoms with Crippen LogP contribution in [0.1, 0.15) is 12.5 Å². The molecule has 0 saturated heterocycles. The van der Waals surface area contributed by atoms with Crippen molar-refractivity contribution in [2.75, 3.05) is 12.3 Å². The molecule has 1 aromatic heterocycles. The van der Waals surface area contributed by atoms with Gasteiger partial charge in [0.05, 0.1) is 13.2 Å². The van der Waals surface area contributed by atoms with Crippen molar-refractivity contribution in [3.8, 4) is 5.75 Å². The number of nitrogen functional groups attached to an aromatic ring is 1. The number of nitrogens with zero attached hydrogens (tertiary/aromatic N) is 3. The molecule has 84 valence electrons. The highest BCUT2D eigenvalue weighted by molar-refractivity contribution is 5.47. The van der Waals surface area contributed by atoms with Crippen molar-refractivity contribution in [1.29, 1.82) is 0 Å². The van der Waals surface area contributed by atoms with Gasteiger partial charge in [-0.15, -0.1) is 0 Å². The summed E-state index contributed by atoms with van der Waals surface area (Å²) in [4.78, 5) is 3.90. The second-order valence-corrected chi connectivity index (χ2v) is 3.39. The van der Waals surface area contributed by atoms with Crippen LogP contribution in [0.3, 0.4) is 0 Å². The van der Waals surface area contributed by atoms with E-state index in [4.69, 9.17) is 10.5 Å². The Hall–Kier alpha value is -2.04. The molecule has 0 saturated carbocycles. The van der Waals surface area contributed by atoms with Crippen LogP contribution in [0.25, 0.3) is 0 Å². The number of rotatable bonds is 4. The minimum atomic E-state index is 0.611. The summed E-state index contributed by atoms with van der Waals surface area (Å²) in [5, 5.41) is 4.05. The van der Waals surface area contributed by atoms with Crippen molar-refractivity contribution in [2.24, 2.45) is 0 Å². The van der Waals surface area contributed by atoms with Gasteiger partial charge in [-0.25, -0.2) is 9.67 Å². The third kappa shape index (κ3) is 2.31. The van der Waals surface area contributed by atoms with E-state index in [9.17, 15) is 0 Å². The average Bonchev–Trinajstić information content (AvgIpc) is 2.75. The molecule has 2 aromatic rings. The summed E-state index contributed by atoms with van der Waals surface area (Å²) in [6, 6.07) is 5.60. The van der Waals surface area contributed by atoms with Crippen molar-refractivity contribution in [3.05, 3.63) is 36.4 Å². The second-order valence-electron chi connectivity index (χ2n) is 3.39. The molecule has 0 aliphatic heterocycles. The summed E-state index contributed by atoms with van der Waals surface area (Å²) >= 11 is 0. The molecule has 16 heavy (non-hydrogen) atoms. The number of hydrogen-bond donors (Lipinski definition) is 1. The molecule has 0 fully saturated rings. The molecule has 0 radical (unpaired) electrons. The zero-order valence-corrected chi connectivity index (χ0v) is 9.13. The molecule has 2 rings (SSSR count). The Balaban J connectivity index is 2.26. The highest BCUT2D eigenvalue weighted by atomic mass is 16.5. The molecule has 1 aromatic carbocycles. The first-order chi connectivity index (χ1) is 7.79. The van der Waals surface area contributed by atoms with Gasteiger partial charge < -0.3 is 10.5 Å². The largest absolute Gasteiger partial charge is 0.494 e. The van der Waals surface area contributed by atoms with Crippen LogP contribution < -0.4 is 10.5 Å². The normalized spacial score (nSPS) is 10.3. The summed E-state index contributed by atoms with van der Waals surface area (Å²) in [6.45, 7) is 3.20. The maximum Gasteiger partial charge on any atom is 0.137 e. The Kier molecular flexibility index (Phi) is 3.05. The maximum atomic E-state index is 5.75. The van der Waals surface area contributed by atoms with Crippen LogP contribution in [0.5, 0.6) is 5.75 Å². The maximum absolute atomic E-state index is 5.75. The fourth-order valence-corrected chi connectivity index (χ4v) is 1.51. The molecule has 0 unspecified atom stereocenters. The summed E-state index contributed by atoms with van der Waals surface area (Å²) < 4.78 is 7.26. The molecule has 5 heteroatoms. The van der Waals surface area contributed by atoms with E-state index in [0.717, 1.165) is 17.0 Å². The van der Waals surface area contributed by atoms with Crippen molar-refractivity contribution in [1.82, 2.24) is 14.8 Å². The lowest BCUT2D eigenvalue weighted by atomic mass is 10.2. The van der Waals surface area contributed by atoms with Gasteiger partial charge in [0.15, 0.2) is 0 Å². The molecule has 0 spiro atoms. The van der Waals surface area contributed by atoms with Gasteiger partial charge >= 0.3 is 0 Å². The van der Waals surface area contributed by atoms with Crippen LogP contribution in [0, 0.1) is 0 Å². The fourth-order valence-electron chi connectivity index (χ4n) is 1.51. The first-order valence-electron chi connectivity index (χ1n) is 5.13. The van der Waals surface area contributed by atoms with Crippen LogP contribution in [-0.4, -0.2) is 21.4 Å². The number of hydrogen-bond acceptors (Lipinski definition) is 4. The number of anilines is 1. The van der Waals surface area contributed by atoms with Crippen LogP contribution >= 0.6 is 0 Å². The zero-order valence-electron chi connectivity index (χ0n) is 9.13. The third-order valence-electron chi connectivity index (χ3n) is 2.18. The van der Waals surface area contributed by atoms with Gasteiger partial charge in [-0.05, 0) is 25.1 Å². The predicted molar refractivity (Wildman–Crippen MR) is 61.1 cm³/mol.